The number of carbonyl (C=O) groups is 5. The van der Waals surface area contributed by atoms with E-state index in [1.807, 2.05) is 94.7 Å². The molecule has 13 atom stereocenters. The number of aliphatic hydroxyl groups is 3. The summed E-state index contributed by atoms with van der Waals surface area (Å²) in [6, 6.07) is 26.5. The summed E-state index contributed by atoms with van der Waals surface area (Å²) in [5.41, 5.74) is 3.55. The van der Waals surface area contributed by atoms with Gasteiger partial charge in [-0.25, -0.2) is 4.79 Å². The van der Waals surface area contributed by atoms with Crippen LogP contribution >= 0.6 is 0 Å². The second-order valence-electron chi connectivity index (χ2n) is 26.8. The average molecular weight is 1230 g/mol. The van der Waals surface area contributed by atoms with Crippen LogP contribution < -0.4 is 15.0 Å². The van der Waals surface area contributed by atoms with Gasteiger partial charge in [0.15, 0.2) is 11.8 Å². The molecule has 3 aromatic heterocycles. The number of likely N-dealkylation sites (N-methyl/N-ethyl adjacent to an activating group) is 1. The molecule has 2 amide bonds. The zero-order valence-electron chi connectivity index (χ0n) is 52.1. The number of methoxy groups -OCH3 is 3. The predicted molar refractivity (Wildman–Crippen MR) is 339 cm³/mol. The lowest BCUT2D eigenvalue weighted by atomic mass is 9.47. The molecule has 5 aromatic carbocycles. The van der Waals surface area contributed by atoms with Gasteiger partial charge in [-0.1, -0.05) is 92.2 Å². The number of hydrogen-bond donors (Lipinski definition) is 5. The summed E-state index contributed by atoms with van der Waals surface area (Å²) in [7, 11) is 6.22. The summed E-state index contributed by atoms with van der Waals surface area (Å²) in [6.45, 7) is 11.0. The topological polar surface area (TPSA) is 240 Å². The van der Waals surface area contributed by atoms with E-state index in [-0.39, 0.29) is 24.3 Å². The van der Waals surface area contributed by atoms with E-state index in [1.54, 1.807) is 14.0 Å². The molecule has 4 bridgehead atoms. The number of benzene rings is 5. The molecule has 1 unspecified atom stereocenters. The number of nitrogens with one attached hydrogen (secondary N) is 2. The van der Waals surface area contributed by atoms with Gasteiger partial charge in [0.2, 0.25) is 5.60 Å². The van der Waals surface area contributed by atoms with Gasteiger partial charge >= 0.3 is 17.9 Å². The van der Waals surface area contributed by atoms with Gasteiger partial charge in [0.25, 0.3) is 11.8 Å². The van der Waals surface area contributed by atoms with Crippen LogP contribution in [0.4, 0.5) is 5.69 Å². The molecule has 1 spiro atoms. The number of imide groups is 1. The van der Waals surface area contributed by atoms with Crippen LogP contribution in [0.25, 0.3) is 54.5 Å². The lowest BCUT2D eigenvalue weighted by Crippen LogP contribution is -2.81. The number of H-pyrrole nitrogens is 1. The smallest absolute Gasteiger partial charge is 0.344 e. The minimum absolute atomic E-state index is 0.0284. The molecule has 1 aliphatic carbocycles. The van der Waals surface area contributed by atoms with Gasteiger partial charge in [0.1, 0.15) is 23.5 Å². The van der Waals surface area contributed by atoms with Crippen molar-refractivity contribution in [3.63, 3.8) is 0 Å². The van der Waals surface area contributed by atoms with Gasteiger partial charge in [0.05, 0.1) is 66.7 Å². The third-order valence-corrected chi connectivity index (χ3v) is 22.7. The minimum Gasteiger partial charge on any atom is -0.496 e. The van der Waals surface area contributed by atoms with Crippen molar-refractivity contribution in [1.29, 1.82) is 0 Å². The first-order valence-corrected chi connectivity index (χ1v) is 31.7. The summed E-state index contributed by atoms with van der Waals surface area (Å²) in [5, 5.41) is 42.0. The molecule has 8 aromatic rings. The zero-order chi connectivity index (χ0) is 63.3. The molecule has 3 fully saturated rings. The van der Waals surface area contributed by atoms with Gasteiger partial charge < -0.3 is 58.0 Å². The van der Waals surface area contributed by atoms with Crippen molar-refractivity contribution in [2.24, 2.45) is 11.3 Å². The number of hydrogen-bond acceptors (Lipinski definition) is 16. The maximum absolute atomic E-state index is 15.2. The Kier molecular flexibility index (Phi) is 12.6. The van der Waals surface area contributed by atoms with E-state index >= 15 is 4.79 Å². The van der Waals surface area contributed by atoms with Crippen LogP contribution in [-0.4, -0.2) is 160 Å². The number of fused-ring (bicyclic) bond motifs is 19. The predicted octanol–water partition coefficient (Wildman–Crippen LogP) is 7.87. The Morgan fingerprint density at radius 2 is 1.51 bits per heavy atom. The summed E-state index contributed by atoms with van der Waals surface area (Å²) in [5.74, 6) is -2.16. The molecule has 91 heavy (non-hydrogen) atoms. The summed E-state index contributed by atoms with van der Waals surface area (Å²) >= 11 is 0. The number of anilines is 1. The molecule has 2 saturated heterocycles. The molecule has 1 saturated carbocycles. The van der Waals surface area contributed by atoms with Crippen molar-refractivity contribution < 1.29 is 63.0 Å². The van der Waals surface area contributed by atoms with Gasteiger partial charge in [-0.15, -0.1) is 0 Å². The Bertz CT molecular complexity index is 4620. The Morgan fingerprint density at radius 3 is 2.20 bits per heavy atom. The van der Waals surface area contributed by atoms with E-state index in [2.05, 4.69) is 63.5 Å². The van der Waals surface area contributed by atoms with Crippen molar-refractivity contribution in [3.05, 3.63) is 142 Å². The van der Waals surface area contributed by atoms with Gasteiger partial charge in [-0.3, -0.25) is 34.3 Å². The Labute approximate surface area is 523 Å². The summed E-state index contributed by atoms with van der Waals surface area (Å²) in [4.78, 5) is 79.5. The molecule has 470 valence electrons. The van der Waals surface area contributed by atoms with Crippen molar-refractivity contribution in [2.45, 2.75) is 125 Å². The number of ether oxygens (including phenoxy) is 5. The Hall–Kier alpha value is -8.37. The fourth-order valence-corrected chi connectivity index (χ4v) is 19.4. The molecule has 17 rings (SSSR count). The van der Waals surface area contributed by atoms with Crippen LogP contribution in [-0.2, 0) is 56.4 Å². The highest BCUT2D eigenvalue weighted by Crippen LogP contribution is 2.68. The largest absolute Gasteiger partial charge is 0.496 e. The third kappa shape index (κ3) is 7.17. The molecule has 5 N–H and O–H groups in total. The standard InChI is InChI=1S/C45H54N4O8.C26H19N3O5/c1-8-27-19-28-22-44(40(51)55-6,36-30(25-48(23-27)24-28)29-13-10-11-14-33(29)46-36)32-20-31-34(21-35(32)54-5)47(4)38-43(31)16-18-49-17-12-15-42(9-2,37(43)49)39(57-26(3)50)45(38,53)41(52)56-7;1-26-23(31)15(30)10-16(34-26)28-13-8-4-2-6-11(13)17-19-20(25(33)27-24(19)32)18-12-7-3-5-9-14(12)29(26)22(18)21(17)28/h10-15,19-21,28,37-39,46,53H,8-9,16-18,22-25H2,1-7H3;2-9,15-16,23,30-31H,10H2,1H3,(H,27,32,33)/t28-,37-,38+,39+,42+,43+,44-,45-;15-,16+,23+,26-/m00/s1. The second-order valence-corrected chi connectivity index (χ2v) is 26.8. The quantitative estimate of drug-likeness (QED) is 0.0442. The molecule has 0 radical (unpaired) electrons. The molecule has 20 nitrogen and oxygen atoms in total. The Balaban J connectivity index is 0.000000164. The molecule has 11 heterocycles. The first kappa shape index (κ1) is 57.8. The molecular weight excluding hydrogens is 1160 g/mol. The van der Waals surface area contributed by atoms with E-state index in [0.29, 0.717) is 77.6 Å². The van der Waals surface area contributed by atoms with E-state index in [9.17, 15) is 34.5 Å². The number of aromatic nitrogens is 3. The lowest BCUT2D eigenvalue weighted by Gasteiger charge is -2.63. The highest BCUT2D eigenvalue weighted by molar-refractivity contribution is 6.39. The van der Waals surface area contributed by atoms with Crippen molar-refractivity contribution in [2.75, 3.05) is 59.5 Å². The van der Waals surface area contributed by atoms with Crippen LogP contribution in [0.3, 0.4) is 0 Å². The van der Waals surface area contributed by atoms with Crippen LogP contribution in [0.1, 0.15) is 109 Å². The van der Waals surface area contributed by atoms with Crippen LogP contribution in [0, 0.1) is 11.3 Å². The number of rotatable bonds is 7. The fraction of sp³-hybridized carbons (Fsp3) is 0.423. The Morgan fingerprint density at radius 1 is 0.824 bits per heavy atom. The number of aromatic amines is 1. The van der Waals surface area contributed by atoms with Crippen molar-refractivity contribution >= 4 is 89.9 Å². The van der Waals surface area contributed by atoms with E-state index in [1.165, 1.54) is 26.7 Å². The van der Waals surface area contributed by atoms with Crippen LogP contribution in [0.5, 0.6) is 5.75 Å². The highest BCUT2D eigenvalue weighted by atomic mass is 16.6. The third-order valence-electron chi connectivity index (χ3n) is 22.7. The van der Waals surface area contributed by atoms with E-state index in [0.717, 1.165) is 80.2 Å². The number of carbonyl (C=O) groups excluding carboxylic acids is 5. The maximum Gasteiger partial charge on any atom is 0.344 e. The van der Waals surface area contributed by atoms with E-state index < -0.39 is 81.9 Å². The van der Waals surface area contributed by atoms with Gasteiger partial charge in [-0.05, 0) is 80.5 Å². The number of aliphatic hydroxyl groups excluding tert-OH is 2. The van der Waals surface area contributed by atoms with Gasteiger partial charge in [-0.2, -0.15) is 0 Å². The number of esters is 3. The summed E-state index contributed by atoms with van der Waals surface area (Å²) in [6.07, 6.45) is 5.06. The number of para-hydroxylation sites is 3. The van der Waals surface area contributed by atoms with E-state index in [4.69, 9.17) is 23.7 Å². The maximum atomic E-state index is 15.2. The lowest BCUT2D eigenvalue weighted by molar-refractivity contribution is -0.272. The number of nitrogens with zero attached hydrogens (tertiary/aromatic N) is 5. The molecular formula is C71H73N7O13. The number of amides is 2. The van der Waals surface area contributed by atoms with Crippen molar-refractivity contribution in [3.8, 4) is 5.75 Å². The fourth-order valence-electron chi connectivity index (χ4n) is 19.4. The zero-order valence-corrected chi connectivity index (χ0v) is 52.1. The van der Waals surface area contributed by atoms with Crippen LogP contribution in [0.15, 0.2) is 109 Å². The monoisotopic (exact) mass is 1230 g/mol. The summed E-state index contributed by atoms with van der Waals surface area (Å²) < 4.78 is 34.5. The minimum atomic E-state index is -2.27. The van der Waals surface area contributed by atoms with Crippen molar-refractivity contribution in [1.82, 2.24) is 29.2 Å². The second kappa shape index (κ2) is 19.8. The first-order valence-electron chi connectivity index (χ1n) is 31.7. The van der Waals surface area contributed by atoms with Crippen LogP contribution in [0.2, 0.25) is 0 Å². The van der Waals surface area contributed by atoms with Gasteiger partial charge in [0, 0.05) is 119 Å². The SMILES string of the molecule is CCC1=C[C@@H]2CN(C1)Cc1c([nH]c3ccccc13)[C@@](C(=O)OC)(c1cc3c(cc1OC)N(C)[C@H]1[C@@](O)(C(=O)OC)[C@H](OC(C)=O)[C@]4(CC)C=CCN5CC[C@]31[C@@H]54)C2.C[C@]12O[C@H](C[C@H](O)[C@H]1O)n1c3ccccc3c3c4c(c5c6ccccc6n2c5c31)C(=O)NC4=O. The highest BCUT2D eigenvalue weighted by Gasteiger charge is 2.80. The molecule has 9 aliphatic rings. The average Bonchev–Trinajstić information content (AvgIpc) is 1.52. The molecule has 8 aliphatic heterocycles. The normalized spacial score (nSPS) is 32.3. The molecule has 20 heteroatoms. The first-order chi connectivity index (χ1) is 43.8.